The number of hydrogen-bond donors (Lipinski definition) is 3. The SMILES string of the molecule is COc1ccc(C(=O)O)cc1NC(=O)/C(=C/c1cccnc1)NC(=O)c1ccc(Cl)cc1. The summed E-state index contributed by atoms with van der Waals surface area (Å²) in [4.78, 5) is 41.0. The largest absolute Gasteiger partial charge is 0.495 e. The van der Waals surface area contributed by atoms with Crippen molar-refractivity contribution in [1.82, 2.24) is 10.3 Å². The molecular weight excluding hydrogens is 434 g/mol. The third-order valence-electron chi connectivity index (χ3n) is 4.29. The fourth-order valence-corrected chi connectivity index (χ4v) is 2.84. The molecule has 0 saturated carbocycles. The molecule has 3 N–H and O–H groups in total. The standard InChI is InChI=1S/C23H18ClN3O5/c1-32-20-9-6-16(23(30)31)12-18(20)26-22(29)19(11-14-3-2-10-25-13-14)27-21(28)15-4-7-17(24)8-5-15/h2-13H,1H3,(H,26,29)(H,27,28)(H,30,31)/b19-11-. The van der Waals surface area contributed by atoms with Crippen molar-refractivity contribution in [3.05, 3.63) is 94.4 Å². The van der Waals surface area contributed by atoms with Crippen LogP contribution in [-0.4, -0.2) is 35.0 Å². The number of aromatic nitrogens is 1. The van der Waals surface area contributed by atoms with Gasteiger partial charge in [-0.05, 0) is 60.2 Å². The molecule has 1 heterocycles. The van der Waals surface area contributed by atoms with Crippen LogP contribution in [0.15, 0.2) is 72.7 Å². The molecule has 9 heteroatoms. The fourth-order valence-electron chi connectivity index (χ4n) is 2.71. The molecule has 0 aliphatic rings. The summed E-state index contributed by atoms with van der Waals surface area (Å²) in [6.45, 7) is 0. The van der Waals surface area contributed by atoms with Crippen molar-refractivity contribution in [2.75, 3.05) is 12.4 Å². The van der Waals surface area contributed by atoms with E-state index < -0.39 is 17.8 Å². The van der Waals surface area contributed by atoms with Crippen LogP contribution in [0.1, 0.15) is 26.3 Å². The highest BCUT2D eigenvalue weighted by Gasteiger charge is 2.18. The molecule has 2 amide bonds. The number of benzene rings is 2. The van der Waals surface area contributed by atoms with Gasteiger partial charge in [-0.25, -0.2) is 4.79 Å². The summed E-state index contributed by atoms with van der Waals surface area (Å²) in [6.07, 6.45) is 4.54. The number of methoxy groups -OCH3 is 1. The van der Waals surface area contributed by atoms with Crippen molar-refractivity contribution in [3.8, 4) is 5.75 Å². The second kappa shape index (κ2) is 10.2. The number of hydrogen-bond acceptors (Lipinski definition) is 5. The van der Waals surface area contributed by atoms with Gasteiger partial charge in [0.25, 0.3) is 11.8 Å². The van der Waals surface area contributed by atoms with Crippen molar-refractivity contribution >= 4 is 41.1 Å². The quantitative estimate of drug-likeness (QED) is 0.469. The number of pyridine rings is 1. The topological polar surface area (TPSA) is 118 Å². The van der Waals surface area contributed by atoms with Crippen molar-refractivity contribution in [3.63, 3.8) is 0 Å². The number of carbonyl (C=O) groups excluding carboxylic acids is 2. The monoisotopic (exact) mass is 451 g/mol. The Morgan fingerprint density at radius 3 is 2.41 bits per heavy atom. The fraction of sp³-hybridized carbons (Fsp3) is 0.0435. The van der Waals surface area contributed by atoms with Gasteiger partial charge < -0.3 is 20.5 Å². The van der Waals surface area contributed by atoms with E-state index in [1.54, 1.807) is 30.5 Å². The average molecular weight is 452 g/mol. The summed E-state index contributed by atoms with van der Waals surface area (Å²) in [5.74, 6) is -2.12. The van der Waals surface area contributed by atoms with Crippen LogP contribution < -0.4 is 15.4 Å². The normalized spacial score (nSPS) is 10.9. The lowest BCUT2D eigenvalue weighted by Crippen LogP contribution is -2.30. The van der Waals surface area contributed by atoms with E-state index in [4.69, 9.17) is 16.3 Å². The summed E-state index contributed by atoms with van der Waals surface area (Å²) < 4.78 is 5.20. The minimum absolute atomic E-state index is 0.0379. The van der Waals surface area contributed by atoms with Gasteiger partial charge in [0.05, 0.1) is 18.4 Å². The van der Waals surface area contributed by atoms with Gasteiger partial charge in [-0.3, -0.25) is 14.6 Å². The summed E-state index contributed by atoms with van der Waals surface area (Å²) >= 11 is 5.87. The third kappa shape index (κ3) is 5.71. The number of rotatable bonds is 7. The zero-order valence-corrected chi connectivity index (χ0v) is 17.6. The maximum atomic E-state index is 13.0. The molecule has 8 nitrogen and oxygen atoms in total. The maximum absolute atomic E-state index is 13.0. The van der Waals surface area contributed by atoms with Crippen LogP contribution in [0.3, 0.4) is 0 Å². The number of halogens is 1. The van der Waals surface area contributed by atoms with E-state index in [2.05, 4.69) is 15.6 Å². The molecule has 0 aliphatic heterocycles. The lowest BCUT2D eigenvalue weighted by Gasteiger charge is -2.14. The minimum Gasteiger partial charge on any atom is -0.495 e. The molecule has 0 unspecified atom stereocenters. The van der Waals surface area contributed by atoms with Gasteiger partial charge in [0.2, 0.25) is 0 Å². The van der Waals surface area contributed by atoms with Crippen molar-refractivity contribution in [2.24, 2.45) is 0 Å². The molecule has 0 saturated heterocycles. The Balaban J connectivity index is 1.93. The molecule has 162 valence electrons. The summed E-state index contributed by atoms with van der Waals surface area (Å²) in [7, 11) is 1.39. The van der Waals surface area contributed by atoms with Crippen molar-refractivity contribution in [2.45, 2.75) is 0 Å². The van der Waals surface area contributed by atoms with E-state index in [1.807, 2.05) is 0 Å². The number of nitrogens with zero attached hydrogens (tertiary/aromatic N) is 1. The number of nitrogens with one attached hydrogen (secondary N) is 2. The molecule has 1 aromatic heterocycles. The van der Waals surface area contributed by atoms with Crippen LogP contribution in [0.5, 0.6) is 5.75 Å². The molecule has 3 rings (SSSR count). The molecule has 0 fully saturated rings. The number of ether oxygens (including phenoxy) is 1. The average Bonchev–Trinajstić information content (AvgIpc) is 2.79. The molecule has 3 aromatic rings. The zero-order valence-electron chi connectivity index (χ0n) is 16.8. The Bertz CT molecular complexity index is 1180. The first-order chi connectivity index (χ1) is 15.4. The molecule has 0 aliphatic carbocycles. The van der Waals surface area contributed by atoms with Crippen LogP contribution in [-0.2, 0) is 4.79 Å². The highest BCUT2D eigenvalue weighted by molar-refractivity contribution is 6.30. The number of aromatic carboxylic acids is 1. The first kappa shape index (κ1) is 22.5. The maximum Gasteiger partial charge on any atom is 0.335 e. The van der Waals surface area contributed by atoms with Crippen LogP contribution in [0.2, 0.25) is 5.02 Å². The Kier molecular flexibility index (Phi) is 7.20. The Hall–Kier alpha value is -4.17. The van der Waals surface area contributed by atoms with Gasteiger partial charge >= 0.3 is 5.97 Å². The van der Waals surface area contributed by atoms with Gasteiger partial charge in [0.1, 0.15) is 11.4 Å². The lowest BCUT2D eigenvalue weighted by atomic mass is 10.1. The molecular formula is C23H18ClN3O5. The van der Waals surface area contributed by atoms with Crippen LogP contribution in [0, 0.1) is 0 Å². The third-order valence-corrected chi connectivity index (χ3v) is 4.54. The van der Waals surface area contributed by atoms with Gasteiger partial charge in [0.15, 0.2) is 0 Å². The highest BCUT2D eigenvalue weighted by Crippen LogP contribution is 2.26. The van der Waals surface area contributed by atoms with E-state index >= 15 is 0 Å². The number of anilines is 1. The second-order valence-electron chi connectivity index (χ2n) is 6.48. The van der Waals surface area contributed by atoms with E-state index in [-0.39, 0.29) is 22.7 Å². The van der Waals surface area contributed by atoms with Crippen LogP contribution in [0.4, 0.5) is 5.69 Å². The van der Waals surface area contributed by atoms with Gasteiger partial charge in [0, 0.05) is 23.0 Å². The van der Waals surface area contributed by atoms with Crippen molar-refractivity contribution in [1.29, 1.82) is 0 Å². The molecule has 32 heavy (non-hydrogen) atoms. The smallest absolute Gasteiger partial charge is 0.335 e. The molecule has 2 aromatic carbocycles. The zero-order chi connectivity index (χ0) is 23.1. The molecule has 0 atom stereocenters. The summed E-state index contributed by atoms with van der Waals surface area (Å²) in [5.41, 5.74) is 0.880. The predicted octanol–water partition coefficient (Wildman–Crippen LogP) is 3.85. The second-order valence-corrected chi connectivity index (χ2v) is 6.92. The number of amides is 2. The van der Waals surface area contributed by atoms with Crippen molar-refractivity contribution < 1.29 is 24.2 Å². The summed E-state index contributed by atoms with van der Waals surface area (Å²) in [6, 6.07) is 13.6. The minimum atomic E-state index is -1.16. The van der Waals surface area contributed by atoms with E-state index in [1.165, 1.54) is 49.7 Å². The molecule has 0 spiro atoms. The van der Waals surface area contributed by atoms with Gasteiger partial charge in [-0.15, -0.1) is 0 Å². The Morgan fingerprint density at radius 1 is 1.06 bits per heavy atom. The van der Waals surface area contributed by atoms with E-state index in [0.717, 1.165) is 0 Å². The first-order valence-electron chi connectivity index (χ1n) is 9.28. The predicted molar refractivity (Wildman–Crippen MR) is 120 cm³/mol. The lowest BCUT2D eigenvalue weighted by molar-refractivity contribution is -0.113. The van der Waals surface area contributed by atoms with Gasteiger partial charge in [-0.2, -0.15) is 0 Å². The number of carboxylic acids is 1. The van der Waals surface area contributed by atoms with E-state index in [9.17, 15) is 19.5 Å². The summed E-state index contributed by atoms with van der Waals surface area (Å²) in [5, 5.41) is 14.9. The number of carbonyl (C=O) groups is 3. The Labute approximate surface area is 188 Å². The van der Waals surface area contributed by atoms with E-state index in [0.29, 0.717) is 16.1 Å². The molecule has 0 radical (unpaired) electrons. The highest BCUT2D eigenvalue weighted by atomic mass is 35.5. The van der Waals surface area contributed by atoms with Crippen LogP contribution >= 0.6 is 11.6 Å². The van der Waals surface area contributed by atoms with Crippen LogP contribution in [0.25, 0.3) is 6.08 Å². The van der Waals surface area contributed by atoms with Gasteiger partial charge in [-0.1, -0.05) is 17.7 Å². The molecule has 0 bridgehead atoms. The Morgan fingerprint density at radius 2 is 1.78 bits per heavy atom. The first-order valence-corrected chi connectivity index (χ1v) is 9.66. The number of carboxylic acid groups (broad SMARTS) is 1.